The van der Waals surface area contributed by atoms with Gasteiger partial charge in [0.25, 0.3) is 0 Å². The lowest BCUT2D eigenvalue weighted by atomic mass is 9.91. The second kappa shape index (κ2) is 9.68. The SMILES string of the molecule is COCCOCCC(=O)NC1CC(C)C(Cc2ccccc2)C1. The van der Waals surface area contributed by atoms with Crippen LogP contribution in [0.1, 0.15) is 31.7 Å². The Morgan fingerprint density at radius 1 is 1.17 bits per heavy atom. The molecule has 1 N–H and O–H groups in total. The quantitative estimate of drug-likeness (QED) is 0.712. The first kappa shape index (κ1) is 18.0. The lowest BCUT2D eigenvalue weighted by molar-refractivity contribution is -0.123. The third-order valence-electron chi connectivity index (χ3n) is 4.66. The molecule has 1 aromatic rings. The summed E-state index contributed by atoms with van der Waals surface area (Å²) in [5.41, 5.74) is 1.39. The molecule has 1 aliphatic rings. The van der Waals surface area contributed by atoms with E-state index in [4.69, 9.17) is 9.47 Å². The topological polar surface area (TPSA) is 47.6 Å². The molecule has 4 heteroatoms. The number of hydrogen-bond donors (Lipinski definition) is 1. The molecule has 0 aromatic heterocycles. The van der Waals surface area contributed by atoms with Gasteiger partial charge >= 0.3 is 0 Å². The minimum absolute atomic E-state index is 0.0972. The third-order valence-corrected chi connectivity index (χ3v) is 4.66. The summed E-state index contributed by atoms with van der Waals surface area (Å²) in [4.78, 5) is 12.0. The number of carbonyl (C=O) groups is 1. The van der Waals surface area contributed by atoms with Gasteiger partial charge in [0.15, 0.2) is 0 Å². The first-order chi connectivity index (χ1) is 11.2. The fraction of sp³-hybridized carbons (Fsp3) is 0.632. The van der Waals surface area contributed by atoms with E-state index in [0.717, 1.165) is 19.3 Å². The first-order valence-electron chi connectivity index (χ1n) is 8.59. The van der Waals surface area contributed by atoms with Crippen molar-refractivity contribution >= 4 is 5.91 Å². The number of amides is 1. The van der Waals surface area contributed by atoms with Crippen LogP contribution in [0.4, 0.5) is 0 Å². The summed E-state index contributed by atoms with van der Waals surface area (Å²) >= 11 is 0. The van der Waals surface area contributed by atoms with Gasteiger partial charge in [0, 0.05) is 19.6 Å². The van der Waals surface area contributed by atoms with E-state index in [-0.39, 0.29) is 5.91 Å². The second-order valence-electron chi connectivity index (χ2n) is 6.52. The lowest BCUT2D eigenvalue weighted by Gasteiger charge is -2.15. The van der Waals surface area contributed by atoms with E-state index in [0.29, 0.717) is 44.1 Å². The summed E-state index contributed by atoms with van der Waals surface area (Å²) in [6.07, 6.45) is 3.69. The molecule has 0 saturated heterocycles. The standard InChI is InChI=1S/C19H29NO3/c1-15-12-18(20-19(21)8-9-23-11-10-22-2)14-17(15)13-16-6-4-3-5-7-16/h3-7,15,17-18H,8-14H2,1-2H3,(H,20,21). The van der Waals surface area contributed by atoms with Crippen LogP contribution in [-0.4, -0.2) is 38.9 Å². The predicted molar refractivity (Wildman–Crippen MR) is 91.3 cm³/mol. The molecule has 1 aliphatic carbocycles. The average Bonchev–Trinajstić information content (AvgIpc) is 2.87. The Labute approximate surface area is 139 Å². The van der Waals surface area contributed by atoms with Crippen LogP contribution in [0.2, 0.25) is 0 Å². The van der Waals surface area contributed by atoms with Crippen LogP contribution in [-0.2, 0) is 20.7 Å². The molecule has 0 aliphatic heterocycles. The van der Waals surface area contributed by atoms with Gasteiger partial charge in [0.2, 0.25) is 5.91 Å². The molecule has 0 spiro atoms. The first-order valence-corrected chi connectivity index (χ1v) is 8.59. The van der Waals surface area contributed by atoms with Gasteiger partial charge in [-0.1, -0.05) is 37.3 Å². The molecule has 0 heterocycles. The third kappa shape index (κ3) is 6.32. The van der Waals surface area contributed by atoms with Crippen LogP contribution in [0, 0.1) is 11.8 Å². The summed E-state index contributed by atoms with van der Waals surface area (Å²) in [7, 11) is 1.64. The maximum atomic E-state index is 12.0. The Hall–Kier alpha value is -1.39. The second-order valence-corrected chi connectivity index (χ2v) is 6.52. The monoisotopic (exact) mass is 319 g/mol. The Bertz CT molecular complexity index is 463. The van der Waals surface area contributed by atoms with Crippen molar-refractivity contribution in [1.29, 1.82) is 0 Å². The minimum Gasteiger partial charge on any atom is -0.382 e. The summed E-state index contributed by atoms with van der Waals surface area (Å²) in [5.74, 6) is 1.40. The van der Waals surface area contributed by atoms with Crippen molar-refractivity contribution in [3.63, 3.8) is 0 Å². The highest BCUT2D eigenvalue weighted by Gasteiger charge is 2.31. The molecule has 0 bridgehead atoms. The Kier molecular flexibility index (Phi) is 7.56. The van der Waals surface area contributed by atoms with Gasteiger partial charge in [0.1, 0.15) is 0 Å². The van der Waals surface area contributed by atoms with Gasteiger partial charge in [0.05, 0.1) is 19.8 Å². The van der Waals surface area contributed by atoms with Crippen LogP contribution < -0.4 is 5.32 Å². The molecule has 0 radical (unpaired) electrons. The van der Waals surface area contributed by atoms with Crippen molar-refractivity contribution in [2.24, 2.45) is 11.8 Å². The number of nitrogens with one attached hydrogen (secondary N) is 1. The zero-order valence-corrected chi connectivity index (χ0v) is 14.3. The highest BCUT2D eigenvalue weighted by atomic mass is 16.5. The molecular weight excluding hydrogens is 290 g/mol. The van der Waals surface area contributed by atoms with E-state index in [1.54, 1.807) is 7.11 Å². The van der Waals surface area contributed by atoms with Crippen molar-refractivity contribution in [2.45, 2.75) is 38.6 Å². The number of benzene rings is 1. The summed E-state index contributed by atoms with van der Waals surface area (Å²) in [5, 5.41) is 3.17. The van der Waals surface area contributed by atoms with Gasteiger partial charge in [-0.05, 0) is 36.7 Å². The van der Waals surface area contributed by atoms with E-state index >= 15 is 0 Å². The Balaban J connectivity index is 1.68. The predicted octanol–water partition coefficient (Wildman–Crippen LogP) is 2.81. The van der Waals surface area contributed by atoms with Gasteiger partial charge in [-0.15, -0.1) is 0 Å². The summed E-state index contributed by atoms with van der Waals surface area (Å²) in [6.45, 7) is 3.88. The molecule has 3 atom stereocenters. The Morgan fingerprint density at radius 3 is 2.70 bits per heavy atom. The number of hydrogen-bond acceptors (Lipinski definition) is 3. The van der Waals surface area contributed by atoms with E-state index in [2.05, 4.69) is 42.6 Å². The van der Waals surface area contributed by atoms with Crippen LogP contribution in [0.15, 0.2) is 30.3 Å². The number of ether oxygens (including phenoxy) is 2. The zero-order valence-electron chi connectivity index (χ0n) is 14.3. The molecule has 1 amide bonds. The van der Waals surface area contributed by atoms with Crippen molar-refractivity contribution < 1.29 is 14.3 Å². The summed E-state index contributed by atoms with van der Waals surface area (Å²) in [6, 6.07) is 10.9. The van der Waals surface area contributed by atoms with E-state index in [1.165, 1.54) is 5.56 Å². The van der Waals surface area contributed by atoms with E-state index in [9.17, 15) is 4.79 Å². The normalized spacial score (nSPS) is 23.8. The average molecular weight is 319 g/mol. The summed E-state index contributed by atoms with van der Waals surface area (Å²) < 4.78 is 10.2. The fourth-order valence-electron chi connectivity index (χ4n) is 3.36. The minimum atomic E-state index is 0.0972. The van der Waals surface area contributed by atoms with Gasteiger partial charge < -0.3 is 14.8 Å². The Morgan fingerprint density at radius 2 is 1.96 bits per heavy atom. The molecule has 1 fully saturated rings. The van der Waals surface area contributed by atoms with Crippen molar-refractivity contribution in [1.82, 2.24) is 5.32 Å². The number of rotatable bonds is 9. The molecule has 1 aromatic carbocycles. The highest BCUT2D eigenvalue weighted by molar-refractivity contribution is 5.76. The van der Waals surface area contributed by atoms with Crippen LogP contribution >= 0.6 is 0 Å². The molecular formula is C19H29NO3. The molecule has 128 valence electrons. The van der Waals surface area contributed by atoms with Crippen molar-refractivity contribution in [3.8, 4) is 0 Å². The highest BCUT2D eigenvalue weighted by Crippen LogP contribution is 2.34. The van der Waals surface area contributed by atoms with Crippen molar-refractivity contribution in [2.75, 3.05) is 26.9 Å². The lowest BCUT2D eigenvalue weighted by Crippen LogP contribution is -2.33. The van der Waals surface area contributed by atoms with E-state index in [1.807, 2.05) is 0 Å². The number of carbonyl (C=O) groups excluding carboxylic acids is 1. The van der Waals surface area contributed by atoms with Gasteiger partial charge in [-0.3, -0.25) is 4.79 Å². The van der Waals surface area contributed by atoms with Gasteiger partial charge in [-0.25, -0.2) is 0 Å². The largest absolute Gasteiger partial charge is 0.382 e. The molecule has 4 nitrogen and oxygen atoms in total. The molecule has 3 unspecified atom stereocenters. The van der Waals surface area contributed by atoms with Crippen LogP contribution in [0.25, 0.3) is 0 Å². The van der Waals surface area contributed by atoms with Crippen molar-refractivity contribution in [3.05, 3.63) is 35.9 Å². The van der Waals surface area contributed by atoms with Crippen LogP contribution in [0.3, 0.4) is 0 Å². The molecule has 23 heavy (non-hydrogen) atoms. The number of methoxy groups -OCH3 is 1. The molecule has 1 saturated carbocycles. The fourth-order valence-corrected chi connectivity index (χ4v) is 3.36. The smallest absolute Gasteiger partial charge is 0.222 e. The van der Waals surface area contributed by atoms with E-state index < -0.39 is 0 Å². The van der Waals surface area contributed by atoms with Crippen LogP contribution in [0.5, 0.6) is 0 Å². The molecule has 2 rings (SSSR count). The maximum absolute atomic E-state index is 12.0. The zero-order chi connectivity index (χ0) is 16.5. The maximum Gasteiger partial charge on any atom is 0.222 e. The van der Waals surface area contributed by atoms with Gasteiger partial charge in [-0.2, -0.15) is 0 Å².